The summed E-state index contributed by atoms with van der Waals surface area (Å²) in [6, 6.07) is 11.6. The van der Waals surface area contributed by atoms with Crippen molar-refractivity contribution in [1.29, 1.82) is 0 Å². The molecule has 1 amide bonds. The SMILES string of the molecule is Cc1[nH]c2ccccc2c1C(C)(C)CNC(=O)c1ccco1. The Kier molecular flexibility index (Phi) is 3.53. The Labute approximate surface area is 129 Å². The number of para-hydroxylation sites is 1. The number of amides is 1. The molecule has 2 heterocycles. The predicted molar refractivity (Wildman–Crippen MR) is 87.1 cm³/mol. The molecule has 0 saturated heterocycles. The molecule has 0 radical (unpaired) electrons. The summed E-state index contributed by atoms with van der Waals surface area (Å²) in [6.45, 7) is 6.89. The molecule has 4 nitrogen and oxygen atoms in total. The van der Waals surface area contributed by atoms with Gasteiger partial charge in [0, 0.05) is 28.6 Å². The minimum absolute atomic E-state index is 0.185. The number of furan rings is 1. The first-order chi connectivity index (χ1) is 10.5. The number of aromatic amines is 1. The zero-order valence-electron chi connectivity index (χ0n) is 13.1. The molecule has 4 heteroatoms. The van der Waals surface area contributed by atoms with E-state index in [4.69, 9.17) is 4.42 Å². The van der Waals surface area contributed by atoms with E-state index < -0.39 is 0 Å². The Bertz CT molecular complexity index is 798. The van der Waals surface area contributed by atoms with E-state index in [1.54, 1.807) is 12.1 Å². The number of hydrogen-bond donors (Lipinski definition) is 2. The fraction of sp³-hybridized carbons (Fsp3) is 0.278. The van der Waals surface area contributed by atoms with Crippen LogP contribution < -0.4 is 5.32 Å². The zero-order chi connectivity index (χ0) is 15.7. The second-order valence-electron chi connectivity index (χ2n) is 6.21. The van der Waals surface area contributed by atoms with E-state index in [0.29, 0.717) is 12.3 Å². The van der Waals surface area contributed by atoms with Crippen molar-refractivity contribution in [2.45, 2.75) is 26.2 Å². The fourth-order valence-electron chi connectivity index (χ4n) is 3.03. The third kappa shape index (κ3) is 2.52. The largest absolute Gasteiger partial charge is 0.459 e. The summed E-state index contributed by atoms with van der Waals surface area (Å²) < 4.78 is 5.13. The van der Waals surface area contributed by atoms with Gasteiger partial charge in [0.1, 0.15) is 0 Å². The Hall–Kier alpha value is -2.49. The van der Waals surface area contributed by atoms with E-state index in [-0.39, 0.29) is 11.3 Å². The number of aromatic nitrogens is 1. The lowest BCUT2D eigenvalue weighted by Gasteiger charge is -2.26. The van der Waals surface area contributed by atoms with E-state index in [2.05, 4.69) is 43.2 Å². The number of rotatable bonds is 4. The molecule has 22 heavy (non-hydrogen) atoms. The van der Waals surface area contributed by atoms with Gasteiger partial charge in [-0.25, -0.2) is 0 Å². The van der Waals surface area contributed by atoms with Crippen LogP contribution in [0.5, 0.6) is 0 Å². The third-order valence-corrected chi connectivity index (χ3v) is 4.01. The number of nitrogens with one attached hydrogen (secondary N) is 2. The van der Waals surface area contributed by atoms with Crippen LogP contribution in [0.3, 0.4) is 0 Å². The second-order valence-corrected chi connectivity index (χ2v) is 6.21. The van der Waals surface area contributed by atoms with Crippen molar-refractivity contribution in [2.24, 2.45) is 0 Å². The van der Waals surface area contributed by atoms with Gasteiger partial charge in [-0.2, -0.15) is 0 Å². The first kappa shape index (κ1) is 14.4. The Morgan fingerprint density at radius 1 is 1.23 bits per heavy atom. The highest BCUT2D eigenvalue weighted by atomic mass is 16.3. The molecular weight excluding hydrogens is 276 g/mol. The monoisotopic (exact) mass is 296 g/mol. The maximum Gasteiger partial charge on any atom is 0.287 e. The predicted octanol–water partition coefficient (Wildman–Crippen LogP) is 3.78. The molecular formula is C18H20N2O2. The van der Waals surface area contributed by atoms with Gasteiger partial charge in [0.2, 0.25) is 0 Å². The summed E-state index contributed by atoms with van der Waals surface area (Å²) in [5, 5.41) is 4.16. The van der Waals surface area contributed by atoms with Crippen LogP contribution in [0.25, 0.3) is 10.9 Å². The summed E-state index contributed by atoms with van der Waals surface area (Å²) in [6.07, 6.45) is 1.50. The molecule has 0 aliphatic rings. The highest BCUT2D eigenvalue weighted by Crippen LogP contribution is 2.33. The van der Waals surface area contributed by atoms with Crippen molar-refractivity contribution in [3.63, 3.8) is 0 Å². The van der Waals surface area contributed by atoms with Crippen molar-refractivity contribution < 1.29 is 9.21 Å². The molecule has 0 aliphatic carbocycles. The van der Waals surface area contributed by atoms with Crippen LogP contribution in [0, 0.1) is 6.92 Å². The van der Waals surface area contributed by atoms with Crippen LogP contribution in [0.1, 0.15) is 35.7 Å². The molecule has 3 aromatic rings. The zero-order valence-corrected chi connectivity index (χ0v) is 13.1. The van der Waals surface area contributed by atoms with Gasteiger partial charge >= 0.3 is 0 Å². The van der Waals surface area contributed by atoms with E-state index in [1.165, 1.54) is 17.2 Å². The molecule has 0 unspecified atom stereocenters. The molecule has 2 aromatic heterocycles. The molecule has 3 rings (SSSR count). The Morgan fingerprint density at radius 3 is 2.73 bits per heavy atom. The lowest BCUT2D eigenvalue weighted by Crippen LogP contribution is -2.36. The van der Waals surface area contributed by atoms with Crippen molar-refractivity contribution >= 4 is 16.8 Å². The third-order valence-electron chi connectivity index (χ3n) is 4.01. The van der Waals surface area contributed by atoms with Gasteiger partial charge < -0.3 is 14.7 Å². The number of benzene rings is 1. The standard InChI is InChI=1S/C18H20N2O2/c1-12-16(13-7-4-5-8-14(13)20-12)18(2,3)11-19-17(21)15-9-6-10-22-15/h4-10,20H,11H2,1-3H3,(H,19,21). The Morgan fingerprint density at radius 2 is 2.00 bits per heavy atom. The van der Waals surface area contributed by atoms with Crippen LogP contribution in [-0.4, -0.2) is 17.4 Å². The normalized spacial score (nSPS) is 11.8. The van der Waals surface area contributed by atoms with Gasteiger partial charge in [-0.3, -0.25) is 4.79 Å². The lowest BCUT2D eigenvalue weighted by atomic mass is 9.82. The molecule has 0 spiro atoms. The molecule has 0 fully saturated rings. The number of aryl methyl sites for hydroxylation is 1. The topological polar surface area (TPSA) is 58.0 Å². The molecule has 2 N–H and O–H groups in total. The summed E-state index contributed by atoms with van der Waals surface area (Å²) in [7, 11) is 0. The maximum absolute atomic E-state index is 12.1. The summed E-state index contributed by atoms with van der Waals surface area (Å²) in [5.41, 5.74) is 3.31. The quantitative estimate of drug-likeness (QED) is 0.770. The van der Waals surface area contributed by atoms with Crippen LogP contribution >= 0.6 is 0 Å². The lowest BCUT2D eigenvalue weighted by molar-refractivity contribution is 0.0918. The van der Waals surface area contributed by atoms with Gasteiger partial charge in [-0.15, -0.1) is 0 Å². The number of carbonyl (C=O) groups is 1. The summed E-state index contributed by atoms with van der Waals surface area (Å²) >= 11 is 0. The van der Waals surface area contributed by atoms with Crippen molar-refractivity contribution in [2.75, 3.05) is 6.54 Å². The first-order valence-corrected chi connectivity index (χ1v) is 7.38. The minimum Gasteiger partial charge on any atom is -0.459 e. The average Bonchev–Trinajstić information content (AvgIpc) is 3.11. The highest BCUT2D eigenvalue weighted by Gasteiger charge is 2.27. The fourth-order valence-corrected chi connectivity index (χ4v) is 3.03. The number of hydrogen-bond acceptors (Lipinski definition) is 2. The van der Waals surface area contributed by atoms with Crippen LogP contribution in [0.15, 0.2) is 47.1 Å². The van der Waals surface area contributed by atoms with Crippen molar-refractivity contribution in [3.8, 4) is 0 Å². The first-order valence-electron chi connectivity index (χ1n) is 7.38. The van der Waals surface area contributed by atoms with Gasteiger partial charge in [0.05, 0.1) is 6.26 Å². The molecule has 0 aliphatic heterocycles. The van der Waals surface area contributed by atoms with Gasteiger partial charge in [0.25, 0.3) is 5.91 Å². The van der Waals surface area contributed by atoms with Gasteiger partial charge in [0.15, 0.2) is 5.76 Å². The second kappa shape index (κ2) is 5.37. The van der Waals surface area contributed by atoms with Gasteiger partial charge in [-0.1, -0.05) is 32.0 Å². The van der Waals surface area contributed by atoms with Crippen LogP contribution in [0.4, 0.5) is 0 Å². The van der Waals surface area contributed by atoms with E-state index in [1.807, 2.05) is 12.1 Å². The minimum atomic E-state index is -0.189. The molecule has 0 saturated carbocycles. The van der Waals surface area contributed by atoms with E-state index in [9.17, 15) is 4.79 Å². The molecule has 0 atom stereocenters. The van der Waals surface area contributed by atoms with Crippen LogP contribution in [0.2, 0.25) is 0 Å². The Balaban J connectivity index is 1.85. The average molecular weight is 296 g/mol. The number of H-pyrrole nitrogens is 1. The van der Waals surface area contributed by atoms with E-state index >= 15 is 0 Å². The molecule has 114 valence electrons. The maximum atomic E-state index is 12.1. The highest BCUT2D eigenvalue weighted by molar-refractivity contribution is 5.91. The van der Waals surface area contributed by atoms with Crippen molar-refractivity contribution in [1.82, 2.24) is 10.3 Å². The van der Waals surface area contributed by atoms with Crippen molar-refractivity contribution in [3.05, 3.63) is 59.7 Å². The van der Waals surface area contributed by atoms with Gasteiger partial charge in [-0.05, 0) is 30.7 Å². The van der Waals surface area contributed by atoms with Crippen LogP contribution in [-0.2, 0) is 5.41 Å². The summed E-state index contributed by atoms with van der Waals surface area (Å²) in [5.74, 6) is 0.155. The smallest absolute Gasteiger partial charge is 0.287 e. The number of carbonyl (C=O) groups excluding carboxylic acids is 1. The van der Waals surface area contributed by atoms with E-state index in [0.717, 1.165) is 11.2 Å². The summed E-state index contributed by atoms with van der Waals surface area (Å²) in [4.78, 5) is 15.5. The molecule has 1 aromatic carbocycles. The molecule has 0 bridgehead atoms. The number of fused-ring (bicyclic) bond motifs is 1.